The summed E-state index contributed by atoms with van der Waals surface area (Å²) in [6.07, 6.45) is 3.70. The number of allylic oxidation sites excluding steroid dienone is 1. The van der Waals surface area contributed by atoms with E-state index in [9.17, 15) is 8.42 Å². The van der Waals surface area contributed by atoms with E-state index in [2.05, 4.69) is 0 Å². The van der Waals surface area contributed by atoms with Crippen molar-refractivity contribution >= 4 is 10.0 Å². The largest absolute Gasteiger partial charge is 0.508 e. The Bertz CT molecular complexity index is 344. The molecule has 0 saturated heterocycles. The summed E-state index contributed by atoms with van der Waals surface area (Å²) in [6.45, 7) is 0. The molecule has 0 heterocycles. The molecular formula is C6H10N2O3S. The maximum absolute atomic E-state index is 10.9. The number of sulfonamides is 1. The Kier molecular flexibility index (Phi) is 1.99. The van der Waals surface area contributed by atoms with E-state index < -0.39 is 14.9 Å². The van der Waals surface area contributed by atoms with Crippen molar-refractivity contribution in [2.75, 3.05) is 0 Å². The molecule has 6 heteroatoms. The first-order valence-electron chi connectivity index (χ1n) is 3.25. The third-order valence-corrected chi connectivity index (χ3v) is 3.06. The van der Waals surface area contributed by atoms with Crippen LogP contribution in [0.4, 0.5) is 0 Å². The molecule has 0 aromatic heterocycles. The molecule has 0 bridgehead atoms. The molecular weight excluding hydrogens is 180 g/mol. The summed E-state index contributed by atoms with van der Waals surface area (Å²) in [6, 6.07) is 0. The van der Waals surface area contributed by atoms with Gasteiger partial charge in [-0.25, -0.2) is 13.6 Å². The van der Waals surface area contributed by atoms with Gasteiger partial charge in [0.1, 0.15) is 5.76 Å². The fourth-order valence-corrected chi connectivity index (χ4v) is 1.41. The van der Waals surface area contributed by atoms with E-state index in [1.54, 1.807) is 0 Å². The number of hydrogen-bond donors (Lipinski definition) is 3. The first-order valence-corrected chi connectivity index (χ1v) is 4.79. The van der Waals surface area contributed by atoms with Crippen LogP contribution >= 0.6 is 0 Å². The van der Waals surface area contributed by atoms with Crippen LogP contribution in [0.1, 0.15) is 6.42 Å². The van der Waals surface area contributed by atoms with Gasteiger partial charge in [-0.05, 0) is 18.2 Å². The minimum absolute atomic E-state index is 0.000255. The number of hydrogen-bond acceptors (Lipinski definition) is 4. The van der Waals surface area contributed by atoms with Crippen molar-refractivity contribution in [2.45, 2.75) is 11.3 Å². The molecule has 0 amide bonds. The van der Waals surface area contributed by atoms with E-state index >= 15 is 0 Å². The zero-order valence-electron chi connectivity index (χ0n) is 6.27. The van der Waals surface area contributed by atoms with Gasteiger partial charge >= 0.3 is 0 Å². The summed E-state index contributed by atoms with van der Waals surface area (Å²) in [4.78, 5) is -1.57. The summed E-state index contributed by atoms with van der Waals surface area (Å²) in [5.41, 5.74) is 5.44. The molecule has 0 fully saturated rings. The summed E-state index contributed by atoms with van der Waals surface area (Å²) in [5.74, 6) is -0.000255. The fraction of sp³-hybridized carbons (Fsp3) is 0.333. The molecule has 1 unspecified atom stereocenters. The van der Waals surface area contributed by atoms with Gasteiger partial charge in [0.2, 0.25) is 10.0 Å². The molecule has 0 aliphatic heterocycles. The van der Waals surface area contributed by atoms with Crippen LogP contribution < -0.4 is 10.9 Å². The number of primary sulfonamides is 1. The van der Waals surface area contributed by atoms with Crippen LogP contribution in [0.3, 0.4) is 0 Å². The zero-order chi connectivity index (χ0) is 9.41. The zero-order valence-corrected chi connectivity index (χ0v) is 7.08. The monoisotopic (exact) mass is 190 g/mol. The molecule has 0 spiro atoms. The van der Waals surface area contributed by atoms with E-state index in [0.29, 0.717) is 0 Å². The van der Waals surface area contributed by atoms with Crippen molar-refractivity contribution < 1.29 is 13.5 Å². The third kappa shape index (κ3) is 1.50. The normalized spacial score (nSPS) is 30.0. The Morgan fingerprint density at radius 2 is 2.17 bits per heavy atom. The molecule has 12 heavy (non-hydrogen) atoms. The molecule has 0 saturated carbocycles. The van der Waals surface area contributed by atoms with Crippen LogP contribution in [0, 0.1) is 0 Å². The first-order chi connectivity index (χ1) is 5.35. The lowest BCUT2D eigenvalue weighted by Gasteiger charge is -2.23. The number of aliphatic hydroxyl groups excluding tert-OH is 1. The Morgan fingerprint density at radius 1 is 1.58 bits per heavy atom. The van der Waals surface area contributed by atoms with Crippen molar-refractivity contribution in [1.29, 1.82) is 0 Å². The minimum atomic E-state index is -3.81. The van der Waals surface area contributed by atoms with E-state index in [0.717, 1.165) is 0 Å². The summed E-state index contributed by atoms with van der Waals surface area (Å²) < 4.78 is 21.8. The van der Waals surface area contributed by atoms with Gasteiger partial charge in [-0.15, -0.1) is 0 Å². The van der Waals surface area contributed by atoms with Crippen LogP contribution in [0.2, 0.25) is 0 Å². The van der Waals surface area contributed by atoms with Crippen LogP contribution in [-0.4, -0.2) is 18.4 Å². The maximum atomic E-state index is 10.9. The molecule has 5 N–H and O–H groups in total. The maximum Gasteiger partial charge on any atom is 0.231 e. The van der Waals surface area contributed by atoms with Gasteiger partial charge in [-0.1, -0.05) is 0 Å². The van der Waals surface area contributed by atoms with Crippen molar-refractivity contribution in [1.82, 2.24) is 0 Å². The highest BCUT2D eigenvalue weighted by atomic mass is 32.2. The van der Waals surface area contributed by atoms with Crippen molar-refractivity contribution in [3.05, 3.63) is 24.0 Å². The van der Waals surface area contributed by atoms with Crippen molar-refractivity contribution in [2.24, 2.45) is 10.9 Å². The van der Waals surface area contributed by atoms with Gasteiger partial charge in [0.25, 0.3) is 0 Å². The lowest BCUT2D eigenvalue weighted by atomic mass is 10.1. The molecule has 0 aromatic carbocycles. The molecule has 1 rings (SSSR count). The molecule has 0 aromatic rings. The SMILES string of the molecule is NC1(S(N)(=O)=O)C=CC(O)=CC1. The van der Waals surface area contributed by atoms with Crippen LogP contribution in [0.15, 0.2) is 24.0 Å². The molecule has 5 nitrogen and oxygen atoms in total. The molecule has 0 radical (unpaired) electrons. The van der Waals surface area contributed by atoms with Gasteiger partial charge in [-0.3, -0.25) is 0 Å². The summed E-state index contributed by atoms with van der Waals surface area (Å²) >= 11 is 0. The summed E-state index contributed by atoms with van der Waals surface area (Å²) in [7, 11) is -3.81. The Balaban J connectivity index is 3.02. The predicted octanol–water partition coefficient (Wildman–Crippen LogP) is -0.668. The smallest absolute Gasteiger partial charge is 0.231 e. The molecule has 68 valence electrons. The van der Waals surface area contributed by atoms with Crippen LogP contribution in [0.5, 0.6) is 0 Å². The highest BCUT2D eigenvalue weighted by Gasteiger charge is 2.35. The highest BCUT2D eigenvalue weighted by molar-refractivity contribution is 7.90. The lowest BCUT2D eigenvalue weighted by Crippen LogP contribution is -2.50. The first kappa shape index (κ1) is 9.24. The van der Waals surface area contributed by atoms with Crippen molar-refractivity contribution in [3.8, 4) is 0 Å². The lowest BCUT2D eigenvalue weighted by molar-refractivity contribution is 0.422. The average molecular weight is 190 g/mol. The summed E-state index contributed by atoms with van der Waals surface area (Å²) in [5, 5.41) is 13.8. The molecule has 1 aliphatic rings. The number of aliphatic hydroxyl groups is 1. The quantitative estimate of drug-likeness (QED) is 0.509. The average Bonchev–Trinajstić information content (AvgIpc) is 1.93. The van der Waals surface area contributed by atoms with Gasteiger partial charge < -0.3 is 10.8 Å². The number of nitrogens with two attached hydrogens (primary N) is 2. The standard InChI is InChI=1S/C6H10N2O3S/c7-6(12(8,10)11)3-1-5(9)2-4-6/h1-3,9H,4,7H2,(H2,8,10,11). The van der Waals surface area contributed by atoms with E-state index in [1.807, 2.05) is 0 Å². The second-order valence-electron chi connectivity index (χ2n) is 2.67. The van der Waals surface area contributed by atoms with E-state index in [-0.39, 0.29) is 12.2 Å². The Hall–Kier alpha value is -0.850. The third-order valence-electron chi connectivity index (χ3n) is 1.70. The van der Waals surface area contributed by atoms with Crippen LogP contribution in [0.25, 0.3) is 0 Å². The van der Waals surface area contributed by atoms with E-state index in [4.69, 9.17) is 16.0 Å². The van der Waals surface area contributed by atoms with Crippen LogP contribution in [-0.2, 0) is 10.0 Å². The molecule has 1 atom stereocenters. The fourth-order valence-electron chi connectivity index (χ4n) is 0.838. The highest BCUT2D eigenvalue weighted by Crippen LogP contribution is 2.20. The van der Waals surface area contributed by atoms with Gasteiger partial charge in [0, 0.05) is 6.42 Å². The topological polar surface area (TPSA) is 106 Å². The number of rotatable bonds is 1. The Labute approximate surface area is 70.4 Å². The second kappa shape index (κ2) is 2.58. The van der Waals surface area contributed by atoms with E-state index in [1.165, 1.54) is 18.2 Å². The van der Waals surface area contributed by atoms with Crippen molar-refractivity contribution in [3.63, 3.8) is 0 Å². The van der Waals surface area contributed by atoms with Gasteiger partial charge in [0.05, 0.1) is 0 Å². The molecule has 1 aliphatic carbocycles. The second-order valence-corrected chi connectivity index (χ2v) is 4.52. The van der Waals surface area contributed by atoms with Gasteiger partial charge in [-0.2, -0.15) is 0 Å². The Morgan fingerprint density at radius 3 is 2.50 bits per heavy atom. The minimum Gasteiger partial charge on any atom is -0.508 e. The predicted molar refractivity (Wildman–Crippen MR) is 44.5 cm³/mol. The van der Waals surface area contributed by atoms with Gasteiger partial charge in [0.15, 0.2) is 4.87 Å².